The molecule has 0 aliphatic rings. The standard InChI is InChI=1S/C18H22N4O7.ClH/c19-7-4-8-27-15-9-14(29-22-15)16(23)20-10-13(17(24)25)21-18(26)28-11-12-5-2-1-3-6-12;/h1-3,5-6,9,13H,4,7-8,10-11,19H2,(H,20,23)(H,21,26)(H,24,25);1H. The maximum atomic E-state index is 12.1. The number of aromatic nitrogens is 1. The normalized spacial score (nSPS) is 11.0. The molecule has 1 unspecified atom stereocenters. The van der Waals surface area contributed by atoms with Crippen LogP contribution in [0.1, 0.15) is 22.5 Å². The Kier molecular flexibility index (Phi) is 10.7. The number of alkyl carbamates (subject to hydrolysis) is 1. The van der Waals surface area contributed by atoms with Gasteiger partial charge in [-0.15, -0.1) is 12.4 Å². The molecule has 2 amide bonds. The minimum Gasteiger partial charge on any atom is -0.480 e. The zero-order valence-corrected chi connectivity index (χ0v) is 16.7. The molecule has 30 heavy (non-hydrogen) atoms. The van der Waals surface area contributed by atoms with Crippen LogP contribution in [0.5, 0.6) is 5.88 Å². The Bertz CT molecular complexity index is 816. The van der Waals surface area contributed by atoms with Gasteiger partial charge in [0.1, 0.15) is 12.6 Å². The molecule has 2 aromatic rings. The summed E-state index contributed by atoms with van der Waals surface area (Å²) in [6.45, 7) is 0.359. The highest BCUT2D eigenvalue weighted by atomic mass is 35.5. The number of amides is 2. The van der Waals surface area contributed by atoms with E-state index in [4.69, 9.17) is 19.7 Å². The van der Waals surface area contributed by atoms with Gasteiger partial charge in [-0.3, -0.25) is 4.79 Å². The summed E-state index contributed by atoms with van der Waals surface area (Å²) in [5.41, 5.74) is 6.09. The summed E-state index contributed by atoms with van der Waals surface area (Å²) in [4.78, 5) is 35.2. The van der Waals surface area contributed by atoms with Crippen LogP contribution >= 0.6 is 12.4 Å². The van der Waals surface area contributed by atoms with E-state index >= 15 is 0 Å². The van der Waals surface area contributed by atoms with E-state index in [1.165, 1.54) is 6.07 Å². The van der Waals surface area contributed by atoms with E-state index in [0.29, 0.717) is 19.6 Å². The fourth-order valence-corrected chi connectivity index (χ4v) is 2.08. The maximum absolute atomic E-state index is 12.1. The smallest absolute Gasteiger partial charge is 0.408 e. The molecule has 0 bridgehead atoms. The average Bonchev–Trinajstić information content (AvgIpc) is 3.19. The lowest BCUT2D eigenvalue weighted by Crippen LogP contribution is -2.48. The van der Waals surface area contributed by atoms with Crippen molar-refractivity contribution in [3.8, 4) is 5.88 Å². The van der Waals surface area contributed by atoms with Crippen molar-refractivity contribution in [3.05, 3.63) is 47.7 Å². The van der Waals surface area contributed by atoms with Crippen LogP contribution in [-0.4, -0.2) is 54.0 Å². The predicted octanol–water partition coefficient (Wildman–Crippen LogP) is 0.933. The topological polar surface area (TPSA) is 166 Å². The molecule has 11 nitrogen and oxygen atoms in total. The van der Waals surface area contributed by atoms with Gasteiger partial charge >= 0.3 is 12.1 Å². The molecule has 1 aromatic heterocycles. The fourth-order valence-electron chi connectivity index (χ4n) is 2.08. The number of hydrogen-bond donors (Lipinski definition) is 4. The molecule has 1 heterocycles. The number of rotatable bonds is 11. The van der Waals surface area contributed by atoms with Crippen molar-refractivity contribution in [2.45, 2.75) is 19.1 Å². The van der Waals surface area contributed by atoms with Crippen molar-refractivity contribution >= 4 is 30.4 Å². The minimum atomic E-state index is -1.40. The summed E-state index contributed by atoms with van der Waals surface area (Å²) in [7, 11) is 0. The van der Waals surface area contributed by atoms with Crippen molar-refractivity contribution in [3.63, 3.8) is 0 Å². The summed E-state index contributed by atoms with van der Waals surface area (Å²) in [6.07, 6.45) is -0.313. The van der Waals surface area contributed by atoms with Gasteiger partial charge in [-0.1, -0.05) is 30.3 Å². The number of ether oxygens (including phenoxy) is 2. The van der Waals surface area contributed by atoms with Gasteiger partial charge in [-0.05, 0) is 23.7 Å². The number of carboxylic acids is 1. The number of carbonyl (C=O) groups is 3. The van der Waals surface area contributed by atoms with Crippen molar-refractivity contribution in [2.75, 3.05) is 19.7 Å². The second kappa shape index (κ2) is 13.0. The summed E-state index contributed by atoms with van der Waals surface area (Å²) in [5, 5.41) is 17.3. The second-order valence-corrected chi connectivity index (χ2v) is 5.83. The van der Waals surface area contributed by atoms with Crippen LogP contribution in [0, 0.1) is 0 Å². The average molecular weight is 443 g/mol. The van der Waals surface area contributed by atoms with E-state index in [-0.39, 0.29) is 30.7 Å². The van der Waals surface area contributed by atoms with Crippen molar-refractivity contribution in [1.29, 1.82) is 0 Å². The number of carboxylic acid groups (broad SMARTS) is 1. The molecule has 0 aliphatic heterocycles. The van der Waals surface area contributed by atoms with Gasteiger partial charge in [0.15, 0.2) is 0 Å². The highest BCUT2D eigenvalue weighted by Crippen LogP contribution is 2.11. The molecule has 0 spiro atoms. The Morgan fingerprint density at radius 1 is 1.23 bits per heavy atom. The molecule has 0 fully saturated rings. The third kappa shape index (κ3) is 8.37. The zero-order chi connectivity index (χ0) is 21.1. The first-order valence-corrected chi connectivity index (χ1v) is 8.77. The molecular formula is C18H23ClN4O7. The summed E-state index contributed by atoms with van der Waals surface area (Å²) >= 11 is 0. The van der Waals surface area contributed by atoms with Gasteiger partial charge in [-0.2, -0.15) is 0 Å². The molecule has 0 saturated heterocycles. The monoisotopic (exact) mass is 442 g/mol. The Morgan fingerprint density at radius 3 is 2.63 bits per heavy atom. The molecule has 2 rings (SSSR count). The molecule has 0 radical (unpaired) electrons. The van der Waals surface area contributed by atoms with Crippen molar-refractivity contribution in [1.82, 2.24) is 15.8 Å². The van der Waals surface area contributed by atoms with Crippen LogP contribution < -0.4 is 21.1 Å². The maximum Gasteiger partial charge on any atom is 0.408 e. The van der Waals surface area contributed by atoms with Gasteiger partial charge in [0.05, 0.1) is 12.7 Å². The lowest BCUT2D eigenvalue weighted by Gasteiger charge is -2.15. The van der Waals surface area contributed by atoms with Gasteiger partial charge in [0, 0.05) is 6.54 Å². The molecule has 164 valence electrons. The first kappa shape index (κ1) is 24.7. The number of nitrogens with one attached hydrogen (secondary N) is 2. The Hall–Kier alpha value is -3.31. The van der Waals surface area contributed by atoms with Gasteiger partial charge in [0.2, 0.25) is 5.76 Å². The number of benzene rings is 1. The van der Waals surface area contributed by atoms with Crippen LogP contribution in [-0.2, 0) is 16.1 Å². The minimum absolute atomic E-state index is 0. The van der Waals surface area contributed by atoms with E-state index < -0.39 is 30.6 Å². The van der Waals surface area contributed by atoms with Crippen LogP contribution in [0.4, 0.5) is 4.79 Å². The predicted molar refractivity (Wildman–Crippen MR) is 106 cm³/mol. The highest BCUT2D eigenvalue weighted by Gasteiger charge is 2.23. The number of halogens is 1. The fraction of sp³-hybridized carbons (Fsp3) is 0.333. The molecule has 5 N–H and O–H groups in total. The van der Waals surface area contributed by atoms with Crippen LogP contribution in [0.25, 0.3) is 0 Å². The largest absolute Gasteiger partial charge is 0.480 e. The Morgan fingerprint density at radius 2 is 1.97 bits per heavy atom. The zero-order valence-electron chi connectivity index (χ0n) is 15.9. The summed E-state index contributed by atoms with van der Waals surface area (Å²) < 4.78 is 15.0. The Labute approximate surface area is 178 Å². The van der Waals surface area contributed by atoms with Gasteiger partial charge in [-0.25, -0.2) is 9.59 Å². The number of nitrogens with two attached hydrogens (primary N) is 1. The van der Waals surface area contributed by atoms with Crippen LogP contribution in [0.2, 0.25) is 0 Å². The third-order valence-electron chi connectivity index (χ3n) is 3.58. The SMILES string of the molecule is Cl.NCCCOc1cc(C(=O)NCC(NC(=O)OCc2ccccc2)C(=O)O)on1. The van der Waals surface area contributed by atoms with Crippen LogP contribution in [0.15, 0.2) is 40.9 Å². The highest BCUT2D eigenvalue weighted by molar-refractivity contribution is 5.92. The third-order valence-corrected chi connectivity index (χ3v) is 3.58. The van der Waals surface area contributed by atoms with E-state index in [1.54, 1.807) is 24.3 Å². The van der Waals surface area contributed by atoms with E-state index in [1.807, 2.05) is 6.07 Å². The van der Waals surface area contributed by atoms with Crippen LogP contribution in [0.3, 0.4) is 0 Å². The first-order chi connectivity index (χ1) is 14.0. The summed E-state index contributed by atoms with van der Waals surface area (Å²) in [6, 6.07) is 8.76. The number of carbonyl (C=O) groups excluding carboxylic acids is 2. The number of aliphatic carboxylic acids is 1. The van der Waals surface area contributed by atoms with Gasteiger partial charge < -0.3 is 35.5 Å². The molecule has 0 saturated carbocycles. The van der Waals surface area contributed by atoms with E-state index in [2.05, 4.69) is 15.8 Å². The second-order valence-electron chi connectivity index (χ2n) is 5.83. The molecule has 1 aromatic carbocycles. The first-order valence-electron chi connectivity index (χ1n) is 8.77. The summed E-state index contributed by atoms with van der Waals surface area (Å²) in [5.74, 6) is -2.10. The quantitative estimate of drug-likeness (QED) is 0.370. The molecule has 12 heteroatoms. The van der Waals surface area contributed by atoms with E-state index in [9.17, 15) is 19.5 Å². The lowest BCUT2D eigenvalue weighted by molar-refractivity contribution is -0.139. The Balaban J connectivity index is 0.00000450. The lowest BCUT2D eigenvalue weighted by atomic mass is 10.2. The molecule has 0 aliphatic carbocycles. The molecule has 1 atom stereocenters. The van der Waals surface area contributed by atoms with Crippen molar-refractivity contribution < 1.29 is 33.5 Å². The number of nitrogens with zero attached hydrogens (tertiary/aromatic N) is 1. The van der Waals surface area contributed by atoms with E-state index in [0.717, 1.165) is 5.56 Å². The number of hydrogen-bond acceptors (Lipinski definition) is 8. The van der Waals surface area contributed by atoms with Gasteiger partial charge in [0.25, 0.3) is 11.8 Å². The molecular weight excluding hydrogens is 420 g/mol. The van der Waals surface area contributed by atoms with Crippen molar-refractivity contribution in [2.24, 2.45) is 5.73 Å².